The quantitative estimate of drug-likeness (QED) is 0.341. The van der Waals surface area contributed by atoms with E-state index in [4.69, 9.17) is 0 Å². The van der Waals surface area contributed by atoms with E-state index in [-0.39, 0.29) is 17.4 Å². The molecule has 3 aromatic rings. The fourth-order valence-electron chi connectivity index (χ4n) is 3.33. The predicted molar refractivity (Wildman–Crippen MR) is 126 cm³/mol. The van der Waals surface area contributed by atoms with Gasteiger partial charge in [-0.05, 0) is 42.7 Å². The first kappa shape index (κ1) is 22.3. The highest BCUT2D eigenvalue weighted by Crippen LogP contribution is 2.47. The molecule has 0 saturated carbocycles. The van der Waals surface area contributed by atoms with Crippen molar-refractivity contribution in [3.8, 4) is 0 Å². The number of hydrogen-bond acceptors (Lipinski definition) is 3. The van der Waals surface area contributed by atoms with Crippen molar-refractivity contribution in [1.82, 2.24) is 4.72 Å². The van der Waals surface area contributed by atoms with Crippen LogP contribution >= 0.6 is 11.8 Å². The summed E-state index contributed by atoms with van der Waals surface area (Å²) in [6, 6.07) is 27.0. The van der Waals surface area contributed by atoms with Crippen LogP contribution in [0.25, 0.3) is 0 Å². The third-order valence-electron chi connectivity index (χ3n) is 5.25. The Balaban J connectivity index is 2.01. The highest BCUT2D eigenvalue weighted by atomic mass is 32.2. The molecule has 0 amide bonds. The summed E-state index contributed by atoms with van der Waals surface area (Å²) in [7, 11) is -3.65. The van der Waals surface area contributed by atoms with Gasteiger partial charge in [-0.15, -0.1) is 18.3 Å². The number of hydrogen-bond donors (Lipinski definition) is 1. The average Bonchev–Trinajstić information content (AvgIpc) is 2.77. The van der Waals surface area contributed by atoms with Crippen LogP contribution in [0.5, 0.6) is 0 Å². The van der Waals surface area contributed by atoms with Gasteiger partial charge in [-0.3, -0.25) is 0 Å². The lowest BCUT2D eigenvalue weighted by Gasteiger charge is -2.38. The van der Waals surface area contributed by atoms with Gasteiger partial charge in [0.05, 0.1) is 9.64 Å². The van der Waals surface area contributed by atoms with Crippen LogP contribution in [0, 0.1) is 12.8 Å². The predicted octanol–water partition coefficient (Wildman–Crippen LogP) is 5.78. The van der Waals surface area contributed by atoms with E-state index in [0.29, 0.717) is 0 Å². The maximum atomic E-state index is 13.0. The maximum absolute atomic E-state index is 13.0. The molecule has 0 fully saturated rings. The van der Waals surface area contributed by atoms with Gasteiger partial charge in [-0.25, -0.2) is 13.1 Å². The van der Waals surface area contributed by atoms with Crippen molar-refractivity contribution in [1.29, 1.82) is 0 Å². The SMILES string of the molecule is C=CC(C)C(CNS(=O)(=O)c1ccc(C)cc1)(Sc1ccccc1)c1ccccc1. The summed E-state index contributed by atoms with van der Waals surface area (Å²) in [4.78, 5) is 1.34. The van der Waals surface area contributed by atoms with Crippen LogP contribution in [-0.2, 0) is 14.8 Å². The lowest BCUT2D eigenvalue weighted by atomic mass is 9.86. The Morgan fingerprint density at radius 3 is 2.10 bits per heavy atom. The Bertz CT molecular complexity index is 1070. The molecule has 0 spiro atoms. The number of rotatable bonds is 9. The molecule has 0 radical (unpaired) electrons. The topological polar surface area (TPSA) is 46.2 Å². The molecule has 0 aliphatic carbocycles. The van der Waals surface area contributed by atoms with Crippen LogP contribution < -0.4 is 4.72 Å². The van der Waals surface area contributed by atoms with Crippen LogP contribution in [0.4, 0.5) is 0 Å². The van der Waals surface area contributed by atoms with Crippen LogP contribution in [0.15, 0.2) is 107 Å². The normalized spacial score (nSPS) is 14.6. The van der Waals surface area contributed by atoms with Gasteiger partial charge in [-0.2, -0.15) is 0 Å². The van der Waals surface area contributed by atoms with E-state index >= 15 is 0 Å². The van der Waals surface area contributed by atoms with Gasteiger partial charge in [0.15, 0.2) is 0 Å². The zero-order chi connectivity index (χ0) is 21.6. The smallest absolute Gasteiger partial charge is 0.209 e. The zero-order valence-electron chi connectivity index (χ0n) is 17.3. The van der Waals surface area contributed by atoms with E-state index in [0.717, 1.165) is 16.0 Å². The Kier molecular flexibility index (Phi) is 7.19. The van der Waals surface area contributed by atoms with E-state index < -0.39 is 14.8 Å². The molecule has 2 atom stereocenters. The second-order valence-corrected chi connectivity index (χ2v) is 10.5. The third-order valence-corrected chi connectivity index (χ3v) is 8.29. The molecule has 0 aliphatic rings. The second kappa shape index (κ2) is 9.65. The van der Waals surface area contributed by atoms with E-state index in [1.807, 2.05) is 73.7 Å². The highest BCUT2D eigenvalue weighted by Gasteiger charge is 2.39. The Morgan fingerprint density at radius 2 is 1.53 bits per heavy atom. The summed E-state index contributed by atoms with van der Waals surface area (Å²) in [5, 5.41) is 0. The van der Waals surface area contributed by atoms with Crippen molar-refractivity contribution in [2.75, 3.05) is 6.54 Å². The number of thioether (sulfide) groups is 1. The van der Waals surface area contributed by atoms with Gasteiger partial charge in [0.1, 0.15) is 0 Å². The molecule has 2 unspecified atom stereocenters. The van der Waals surface area contributed by atoms with Gasteiger partial charge in [0, 0.05) is 11.4 Å². The summed E-state index contributed by atoms with van der Waals surface area (Å²) >= 11 is 1.66. The molecule has 156 valence electrons. The van der Waals surface area contributed by atoms with Gasteiger partial charge in [0.25, 0.3) is 0 Å². The first-order chi connectivity index (χ1) is 14.4. The number of allylic oxidation sites excluding steroid dienone is 1. The Labute approximate surface area is 184 Å². The molecule has 0 saturated heterocycles. The van der Waals surface area contributed by atoms with Crippen molar-refractivity contribution >= 4 is 21.8 Å². The van der Waals surface area contributed by atoms with Gasteiger partial charge in [-0.1, -0.05) is 79.2 Å². The number of nitrogens with one attached hydrogen (secondary N) is 1. The van der Waals surface area contributed by atoms with E-state index in [9.17, 15) is 8.42 Å². The highest BCUT2D eigenvalue weighted by molar-refractivity contribution is 8.00. The van der Waals surface area contributed by atoms with Crippen LogP contribution in [0.1, 0.15) is 18.1 Å². The van der Waals surface area contributed by atoms with Crippen LogP contribution in [0.3, 0.4) is 0 Å². The summed E-state index contributed by atoms with van der Waals surface area (Å²) in [6.07, 6.45) is 1.89. The molecule has 0 aliphatic heterocycles. The average molecular weight is 438 g/mol. The number of benzene rings is 3. The summed E-state index contributed by atoms with van der Waals surface area (Å²) < 4.78 is 28.4. The summed E-state index contributed by atoms with van der Waals surface area (Å²) in [5.41, 5.74) is 2.07. The minimum Gasteiger partial charge on any atom is -0.209 e. The molecular weight excluding hydrogens is 410 g/mol. The Hall–Kier alpha value is -2.34. The maximum Gasteiger partial charge on any atom is 0.240 e. The Morgan fingerprint density at radius 1 is 0.967 bits per heavy atom. The minimum atomic E-state index is -3.65. The molecule has 30 heavy (non-hydrogen) atoms. The van der Waals surface area contributed by atoms with Crippen molar-refractivity contribution in [2.45, 2.75) is 28.4 Å². The summed E-state index contributed by atoms with van der Waals surface area (Å²) in [6.45, 7) is 8.27. The first-order valence-corrected chi connectivity index (χ1v) is 12.2. The number of sulfonamides is 1. The zero-order valence-corrected chi connectivity index (χ0v) is 18.9. The lowest BCUT2D eigenvalue weighted by molar-refractivity contribution is 0.479. The van der Waals surface area contributed by atoms with Gasteiger partial charge < -0.3 is 0 Å². The van der Waals surface area contributed by atoms with Crippen molar-refractivity contribution < 1.29 is 8.42 Å². The first-order valence-electron chi connectivity index (χ1n) is 9.86. The molecule has 0 heterocycles. The van der Waals surface area contributed by atoms with Crippen LogP contribution in [0.2, 0.25) is 0 Å². The molecule has 1 N–H and O–H groups in total. The molecular formula is C25H27NO2S2. The monoisotopic (exact) mass is 437 g/mol. The molecule has 3 aromatic carbocycles. The summed E-state index contributed by atoms with van der Waals surface area (Å²) in [5.74, 6) is 0.00539. The van der Waals surface area contributed by atoms with E-state index in [1.165, 1.54) is 0 Å². The molecule has 0 bridgehead atoms. The van der Waals surface area contributed by atoms with Crippen molar-refractivity contribution in [3.63, 3.8) is 0 Å². The minimum absolute atomic E-state index is 0.00539. The lowest BCUT2D eigenvalue weighted by Crippen LogP contribution is -2.42. The van der Waals surface area contributed by atoms with Gasteiger partial charge >= 0.3 is 0 Å². The van der Waals surface area contributed by atoms with E-state index in [1.54, 1.807) is 23.9 Å². The fourth-order valence-corrected chi connectivity index (χ4v) is 5.89. The molecule has 3 nitrogen and oxygen atoms in total. The second-order valence-electron chi connectivity index (χ2n) is 7.33. The van der Waals surface area contributed by atoms with E-state index in [2.05, 4.69) is 30.4 Å². The van der Waals surface area contributed by atoms with Crippen molar-refractivity contribution in [2.24, 2.45) is 5.92 Å². The standard InChI is InChI=1S/C25H27NO2S2/c1-4-21(3)25(22-11-7-5-8-12-22,29-23-13-9-6-10-14-23)19-26-30(27,28)24-17-15-20(2)16-18-24/h4-18,21,26H,1,19H2,2-3H3. The fraction of sp³-hybridized carbons (Fsp3) is 0.200. The largest absolute Gasteiger partial charge is 0.240 e. The molecule has 0 aromatic heterocycles. The third kappa shape index (κ3) is 5.04. The van der Waals surface area contributed by atoms with Crippen molar-refractivity contribution in [3.05, 3.63) is 109 Å². The van der Waals surface area contributed by atoms with Gasteiger partial charge in [0.2, 0.25) is 10.0 Å². The molecule has 3 rings (SSSR count). The molecule has 5 heteroatoms. The number of aryl methyl sites for hydroxylation is 1. The van der Waals surface area contributed by atoms with Crippen LogP contribution in [-0.4, -0.2) is 15.0 Å².